The Balaban J connectivity index is 1.61. The van der Waals surface area contributed by atoms with E-state index in [1.165, 1.54) is 64.2 Å². The van der Waals surface area contributed by atoms with Crippen LogP contribution >= 0.6 is 0 Å². The zero-order valence-corrected chi connectivity index (χ0v) is 17.5. The fraction of sp³-hybridized carbons (Fsp3) is 0.692. The van der Waals surface area contributed by atoms with Gasteiger partial charge in [-0.2, -0.15) is 0 Å². The van der Waals surface area contributed by atoms with Crippen molar-refractivity contribution in [3.8, 4) is 0 Å². The molecule has 1 heteroatoms. The molecule has 148 valence electrons. The molecule has 1 aliphatic heterocycles. The highest BCUT2D eigenvalue weighted by Crippen LogP contribution is 2.44. The lowest BCUT2D eigenvalue weighted by atomic mass is 9.66. The van der Waals surface area contributed by atoms with Gasteiger partial charge in [-0.05, 0) is 87.9 Å². The minimum Gasteiger partial charge on any atom is -0.310 e. The first-order valence-corrected chi connectivity index (χ1v) is 11.7. The molecular formula is C26H39N. The number of hydrogen-bond donors (Lipinski definition) is 1. The molecule has 0 saturated carbocycles. The Hall–Kier alpha value is -1.08. The summed E-state index contributed by atoms with van der Waals surface area (Å²) >= 11 is 0. The molecule has 4 aliphatic rings. The number of hydrogen-bond acceptors (Lipinski definition) is 1. The molecule has 3 aliphatic carbocycles. The molecule has 1 nitrogen and oxygen atoms in total. The average molecular weight is 366 g/mol. The Morgan fingerprint density at radius 1 is 0.926 bits per heavy atom. The van der Waals surface area contributed by atoms with Crippen LogP contribution in [0.2, 0.25) is 0 Å². The Kier molecular flexibility index (Phi) is 6.38. The minimum atomic E-state index is 0.654. The molecule has 0 amide bonds. The van der Waals surface area contributed by atoms with Crippen LogP contribution in [0.3, 0.4) is 0 Å². The normalized spacial score (nSPS) is 37.2. The molecule has 0 aromatic carbocycles. The van der Waals surface area contributed by atoms with Gasteiger partial charge in [0.05, 0.1) is 0 Å². The maximum Gasteiger partial charge on any atom is 0.0201 e. The first-order valence-electron chi connectivity index (χ1n) is 11.7. The average Bonchev–Trinajstić information content (AvgIpc) is 2.74. The predicted octanol–water partition coefficient (Wildman–Crippen LogP) is 6.74. The molecule has 27 heavy (non-hydrogen) atoms. The molecule has 1 saturated heterocycles. The second-order valence-corrected chi connectivity index (χ2v) is 9.66. The number of allylic oxidation sites excluding steroid dienone is 6. The van der Waals surface area contributed by atoms with Crippen molar-refractivity contribution in [1.29, 1.82) is 0 Å². The molecule has 0 radical (unpaired) electrons. The molecule has 1 heterocycles. The van der Waals surface area contributed by atoms with Crippen molar-refractivity contribution in [3.05, 3.63) is 47.6 Å². The van der Waals surface area contributed by atoms with Crippen LogP contribution < -0.4 is 5.32 Å². The number of rotatable bonds is 4. The molecule has 5 unspecified atom stereocenters. The third-order valence-corrected chi connectivity index (χ3v) is 7.66. The van der Waals surface area contributed by atoms with E-state index in [9.17, 15) is 0 Å². The van der Waals surface area contributed by atoms with Gasteiger partial charge in [0.15, 0.2) is 0 Å². The Morgan fingerprint density at radius 3 is 2.59 bits per heavy atom. The maximum atomic E-state index is 4.22. The lowest BCUT2D eigenvalue weighted by molar-refractivity contribution is 0.165. The summed E-state index contributed by atoms with van der Waals surface area (Å²) in [5.74, 6) is 3.05. The third kappa shape index (κ3) is 4.34. The molecule has 5 atom stereocenters. The summed E-state index contributed by atoms with van der Waals surface area (Å²) in [5, 5.41) is 4.22. The van der Waals surface area contributed by atoms with Gasteiger partial charge in [-0.1, -0.05) is 61.4 Å². The van der Waals surface area contributed by atoms with Crippen molar-refractivity contribution in [2.75, 3.05) is 0 Å². The van der Waals surface area contributed by atoms with E-state index in [4.69, 9.17) is 0 Å². The summed E-state index contributed by atoms with van der Waals surface area (Å²) in [6, 6.07) is 1.35. The third-order valence-electron chi connectivity index (χ3n) is 7.66. The Bertz CT molecular complexity index is 620. The van der Waals surface area contributed by atoms with E-state index in [1.54, 1.807) is 5.57 Å². The maximum absolute atomic E-state index is 4.22. The topological polar surface area (TPSA) is 12.0 Å². The lowest BCUT2D eigenvalue weighted by Gasteiger charge is -2.47. The van der Waals surface area contributed by atoms with Crippen LogP contribution in [-0.4, -0.2) is 12.1 Å². The number of nitrogens with one attached hydrogen (secondary N) is 1. The van der Waals surface area contributed by atoms with Gasteiger partial charge in [0, 0.05) is 12.1 Å². The molecule has 0 bridgehead atoms. The fourth-order valence-electron chi connectivity index (χ4n) is 6.13. The summed E-state index contributed by atoms with van der Waals surface area (Å²) in [5.41, 5.74) is 3.55. The fourth-order valence-corrected chi connectivity index (χ4v) is 6.13. The minimum absolute atomic E-state index is 0.654. The molecule has 1 fully saturated rings. The number of piperidine rings is 1. The highest BCUT2D eigenvalue weighted by molar-refractivity contribution is 5.26. The van der Waals surface area contributed by atoms with E-state index < -0.39 is 0 Å². The molecule has 0 aromatic rings. The standard InChI is InChI=1S/C26H39N/c1-19(2)25-18-17-23(21-13-7-4-8-14-21)26(27-25)24-16-10-9-15-22(24)20-11-5-3-6-12-20/h3-5,7,13,15,19-20,23-27H,6,8-12,14,16-18H2,1-2H3. The van der Waals surface area contributed by atoms with Crippen molar-refractivity contribution in [2.24, 2.45) is 23.7 Å². The van der Waals surface area contributed by atoms with Crippen LogP contribution in [0.4, 0.5) is 0 Å². The largest absolute Gasteiger partial charge is 0.310 e. The van der Waals surface area contributed by atoms with Gasteiger partial charge in [-0.3, -0.25) is 0 Å². The second-order valence-electron chi connectivity index (χ2n) is 9.66. The SMILES string of the molecule is CC(C)C1CCC(C2=CC=CCC2)C(C2CCCC=C2C2CC=CCC2)N1. The van der Waals surface area contributed by atoms with Gasteiger partial charge in [-0.15, -0.1) is 0 Å². The van der Waals surface area contributed by atoms with E-state index >= 15 is 0 Å². The Morgan fingerprint density at radius 2 is 1.85 bits per heavy atom. The smallest absolute Gasteiger partial charge is 0.0201 e. The van der Waals surface area contributed by atoms with Crippen molar-refractivity contribution in [1.82, 2.24) is 5.32 Å². The summed E-state index contributed by atoms with van der Waals surface area (Å²) < 4.78 is 0. The van der Waals surface area contributed by atoms with Crippen LogP contribution in [0.5, 0.6) is 0 Å². The summed E-state index contributed by atoms with van der Waals surface area (Å²) in [7, 11) is 0. The van der Waals surface area contributed by atoms with Gasteiger partial charge in [0.1, 0.15) is 0 Å². The van der Waals surface area contributed by atoms with Crippen LogP contribution in [0.15, 0.2) is 47.6 Å². The molecule has 4 rings (SSSR count). The van der Waals surface area contributed by atoms with Gasteiger partial charge in [0.25, 0.3) is 0 Å². The Labute approximate surface area is 167 Å². The summed E-state index contributed by atoms with van der Waals surface area (Å²) in [4.78, 5) is 0. The zero-order chi connectivity index (χ0) is 18.6. The van der Waals surface area contributed by atoms with Crippen molar-refractivity contribution in [3.63, 3.8) is 0 Å². The van der Waals surface area contributed by atoms with E-state index in [0.29, 0.717) is 12.1 Å². The second kappa shape index (κ2) is 8.95. The lowest BCUT2D eigenvalue weighted by Crippen LogP contribution is -2.54. The summed E-state index contributed by atoms with van der Waals surface area (Å²) in [6.07, 6.45) is 27.9. The first-order chi connectivity index (χ1) is 13.2. The van der Waals surface area contributed by atoms with Gasteiger partial charge >= 0.3 is 0 Å². The van der Waals surface area contributed by atoms with Crippen molar-refractivity contribution < 1.29 is 0 Å². The van der Waals surface area contributed by atoms with Crippen LogP contribution in [0.1, 0.15) is 78.1 Å². The molecule has 0 aromatic heterocycles. The van der Waals surface area contributed by atoms with Crippen LogP contribution in [-0.2, 0) is 0 Å². The quantitative estimate of drug-likeness (QED) is 0.544. The molecule has 0 spiro atoms. The van der Waals surface area contributed by atoms with E-state index in [0.717, 1.165) is 23.7 Å². The van der Waals surface area contributed by atoms with Crippen LogP contribution in [0, 0.1) is 23.7 Å². The van der Waals surface area contributed by atoms with Gasteiger partial charge < -0.3 is 5.32 Å². The van der Waals surface area contributed by atoms with Gasteiger partial charge in [-0.25, -0.2) is 0 Å². The molecular weight excluding hydrogens is 326 g/mol. The van der Waals surface area contributed by atoms with E-state index in [-0.39, 0.29) is 0 Å². The predicted molar refractivity (Wildman–Crippen MR) is 117 cm³/mol. The van der Waals surface area contributed by atoms with Crippen LogP contribution in [0.25, 0.3) is 0 Å². The van der Waals surface area contributed by atoms with Gasteiger partial charge in [0.2, 0.25) is 0 Å². The molecule has 1 N–H and O–H groups in total. The monoisotopic (exact) mass is 365 g/mol. The highest BCUT2D eigenvalue weighted by atomic mass is 15.0. The van der Waals surface area contributed by atoms with Crippen molar-refractivity contribution in [2.45, 2.75) is 90.1 Å². The first kappa shape index (κ1) is 19.2. The van der Waals surface area contributed by atoms with Crippen molar-refractivity contribution >= 4 is 0 Å². The highest BCUT2D eigenvalue weighted by Gasteiger charge is 2.40. The van der Waals surface area contributed by atoms with E-state index in [1.807, 2.05) is 5.57 Å². The zero-order valence-electron chi connectivity index (χ0n) is 17.5. The van der Waals surface area contributed by atoms with E-state index in [2.05, 4.69) is 55.6 Å². The summed E-state index contributed by atoms with van der Waals surface area (Å²) in [6.45, 7) is 4.81.